The predicted molar refractivity (Wildman–Crippen MR) is 66.6 cm³/mol. The number of rotatable bonds is 3. The first-order valence-electron chi connectivity index (χ1n) is 6.03. The molecule has 1 N–H and O–H groups in total. The molecule has 0 spiro atoms. The van der Waals surface area contributed by atoms with Crippen molar-refractivity contribution in [3.63, 3.8) is 0 Å². The molecule has 1 unspecified atom stereocenters. The largest absolute Gasteiger partial charge is 0.465 e. The van der Waals surface area contributed by atoms with Gasteiger partial charge in [0.2, 0.25) is 0 Å². The van der Waals surface area contributed by atoms with Crippen LogP contribution in [0.1, 0.15) is 12.0 Å². The molecule has 1 aromatic rings. The molecule has 1 aromatic carbocycles. The Morgan fingerprint density at radius 2 is 2.00 bits per heavy atom. The fourth-order valence-corrected chi connectivity index (χ4v) is 2.73. The molecule has 3 heteroatoms. The van der Waals surface area contributed by atoms with Crippen molar-refractivity contribution in [1.29, 1.82) is 0 Å². The minimum absolute atomic E-state index is 0.0520. The highest BCUT2D eigenvalue weighted by atomic mass is 16.5. The summed E-state index contributed by atoms with van der Waals surface area (Å²) in [5.74, 6) is 0. The van der Waals surface area contributed by atoms with Crippen molar-refractivity contribution < 1.29 is 14.4 Å². The van der Waals surface area contributed by atoms with E-state index in [0.717, 1.165) is 19.5 Å². The summed E-state index contributed by atoms with van der Waals surface area (Å²) in [6, 6.07) is 10.3. The molecule has 0 aliphatic carbocycles. The van der Waals surface area contributed by atoms with Gasteiger partial charge in [0.1, 0.15) is 11.7 Å². The lowest BCUT2D eigenvalue weighted by molar-refractivity contribution is -0.867. The van der Waals surface area contributed by atoms with Gasteiger partial charge in [-0.05, 0) is 5.56 Å². The molecule has 0 saturated carbocycles. The smallest absolute Gasteiger partial charge is 0.137 e. The molecule has 0 aromatic heterocycles. The van der Waals surface area contributed by atoms with Crippen LogP contribution in [0.15, 0.2) is 30.3 Å². The van der Waals surface area contributed by atoms with Gasteiger partial charge < -0.3 is 14.4 Å². The lowest BCUT2D eigenvalue weighted by Gasteiger charge is -2.45. The highest BCUT2D eigenvalue weighted by Gasteiger charge is 2.45. The van der Waals surface area contributed by atoms with Crippen molar-refractivity contribution in [2.24, 2.45) is 0 Å². The molecular formula is C14H21NO2. The monoisotopic (exact) mass is 235 g/mol. The maximum Gasteiger partial charge on any atom is 0.137 e. The van der Waals surface area contributed by atoms with E-state index < -0.39 is 0 Å². The van der Waals surface area contributed by atoms with Crippen LogP contribution in [-0.2, 0) is 15.1 Å². The van der Waals surface area contributed by atoms with Crippen LogP contribution in [0, 0.1) is 7.05 Å². The topological polar surface area (TPSA) is 22.9 Å². The minimum Gasteiger partial charge on any atom is -0.465 e. The van der Waals surface area contributed by atoms with E-state index in [4.69, 9.17) is 9.47 Å². The fraction of sp³-hybridized carbons (Fsp3) is 0.500. The Labute approximate surface area is 103 Å². The summed E-state index contributed by atoms with van der Waals surface area (Å²) in [7, 11) is 7.59. The maximum atomic E-state index is 5.85. The van der Waals surface area contributed by atoms with Crippen molar-refractivity contribution in [3.05, 3.63) is 42.9 Å². The molecule has 1 heterocycles. The number of hydrogen-bond acceptors (Lipinski definition) is 2. The van der Waals surface area contributed by atoms with Crippen LogP contribution < -0.4 is 4.90 Å². The summed E-state index contributed by atoms with van der Waals surface area (Å²) in [5.41, 5.74) is 0.874. The second kappa shape index (κ2) is 5.17. The summed E-state index contributed by atoms with van der Waals surface area (Å²) in [6.07, 6.45) is 0.987. The molecule has 17 heavy (non-hydrogen) atoms. The van der Waals surface area contributed by atoms with Crippen LogP contribution in [0.2, 0.25) is 0 Å². The molecule has 94 valence electrons. The third kappa shape index (κ3) is 2.23. The quantitative estimate of drug-likeness (QED) is 0.776. The molecule has 0 amide bonds. The van der Waals surface area contributed by atoms with Crippen LogP contribution in [-0.4, -0.2) is 33.4 Å². The van der Waals surface area contributed by atoms with E-state index in [2.05, 4.69) is 19.2 Å². The van der Waals surface area contributed by atoms with Gasteiger partial charge in [-0.1, -0.05) is 30.3 Å². The first-order chi connectivity index (χ1) is 8.23. The van der Waals surface area contributed by atoms with E-state index in [-0.39, 0.29) is 11.7 Å². The first kappa shape index (κ1) is 12.6. The van der Waals surface area contributed by atoms with Gasteiger partial charge in [-0.25, -0.2) is 0 Å². The van der Waals surface area contributed by atoms with E-state index >= 15 is 0 Å². The number of nitrogens with one attached hydrogen (secondary N) is 1. The lowest BCUT2D eigenvalue weighted by atomic mass is 9.82. The van der Waals surface area contributed by atoms with Gasteiger partial charge >= 0.3 is 0 Å². The number of benzene rings is 1. The number of ether oxygens (including phenoxy) is 2. The average molecular weight is 235 g/mol. The number of quaternary nitrogens is 1. The summed E-state index contributed by atoms with van der Waals surface area (Å²) < 4.78 is 11.5. The van der Waals surface area contributed by atoms with Crippen LogP contribution in [0.3, 0.4) is 0 Å². The first-order valence-corrected chi connectivity index (χ1v) is 6.03. The van der Waals surface area contributed by atoms with Crippen molar-refractivity contribution in [2.75, 3.05) is 27.3 Å². The van der Waals surface area contributed by atoms with Gasteiger partial charge in [0.15, 0.2) is 0 Å². The Balaban J connectivity index is 2.35. The van der Waals surface area contributed by atoms with Crippen molar-refractivity contribution in [3.8, 4) is 0 Å². The normalized spacial score (nSPS) is 33.6. The zero-order valence-electron chi connectivity index (χ0n) is 10.6. The molecule has 1 aliphatic rings. The predicted octanol–water partition coefficient (Wildman–Crippen LogP) is 0.623. The maximum absolute atomic E-state index is 5.85. The number of hydrogen-bond donors (Lipinski definition) is 1. The van der Waals surface area contributed by atoms with Gasteiger partial charge in [-0.2, -0.15) is 7.05 Å². The van der Waals surface area contributed by atoms with E-state index in [1.807, 2.05) is 18.2 Å². The molecular weight excluding hydrogens is 214 g/mol. The van der Waals surface area contributed by atoms with Crippen molar-refractivity contribution in [2.45, 2.75) is 18.1 Å². The van der Waals surface area contributed by atoms with Crippen molar-refractivity contribution in [1.82, 2.24) is 0 Å². The van der Waals surface area contributed by atoms with E-state index in [1.165, 1.54) is 10.5 Å². The van der Waals surface area contributed by atoms with E-state index in [9.17, 15) is 0 Å². The minimum atomic E-state index is -0.322. The van der Waals surface area contributed by atoms with Gasteiger partial charge in [0.25, 0.3) is 0 Å². The van der Waals surface area contributed by atoms with Gasteiger partial charge in [0.05, 0.1) is 13.1 Å². The van der Waals surface area contributed by atoms with Crippen LogP contribution in [0.5, 0.6) is 0 Å². The Bertz CT molecular complexity index is 354. The highest BCUT2D eigenvalue weighted by molar-refractivity contribution is 5.25. The Hall–Kier alpha value is -0.900. The molecule has 3 atom stereocenters. The summed E-state index contributed by atoms with van der Waals surface area (Å²) in [6.45, 7) is 1.88. The molecule has 3 nitrogen and oxygen atoms in total. The van der Waals surface area contributed by atoms with E-state index in [1.54, 1.807) is 14.2 Å². The molecule has 1 aliphatic heterocycles. The fourth-order valence-electron chi connectivity index (χ4n) is 2.73. The Morgan fingerprint density at radius 3 is 2.59 bits per heavy atom. The number of methoxy groups -OCH3 is 2. The summed E-state index contributed by atoms with van der Waals surface area (Å²) >= 11 is 0. The number of piperidine rings is 1. The van der Waals surface area contributed by atoms with Crippen LogP contribution >= 0.6 is 0 Å². The van der Waals surface area contributed by atoms with Crippen LogP contribution in [0.4, 0.5) is 0 Å². The van der Waals surface area contributed by atoms with Crippen LogP contribution in [0.25, 0.3) is 0 Å². The zero-order valence-corrected chi connectivity index (χ0v) is 10.6. The molecule has 1 saturated heterocycles. The standard InChI is InChI=1S/C14H21NO2/c1-15-10-9-14(17-3,13(11-15)16-2)12-7-5-4-6-8-12/h4-8,13,15H,1,9-11H2,2-3H3/t13-,14-/m0/s1. The Kier molecular flexibility index (Phi) is 3.82. The summed E-state index contributed by atoms with van der Waals surface area (Å²) in [4.78, 5) is 1.25. The third-order valence-corrected chi connectivity index (χ3v) is 3.76. The van der Waals surface area contributed by atoms with E-state index in [0.29, 0.717) is 0 Å². The highest BCUT2D eigenvalue weighted by Crippen LogP contribution is 2.34. The second-order valence-corrected chi connectivity index (χ2v) is 4.64. The third-order valence-electron chi connectivity index (χ3n) is 3.76. The zero-order chi connectivity index (χ0) is 12.3. The number of likely N-dealkylation sites (tertiary alicyclic amines) is 1. The average Bonchev–Trinajstić information content (AvgIpc) is 2.40. The molecule has 2 rings (SSSR count). The van der Waals surface area contributed by atoms with Gasteiger partial charge in [0, 0.05) is 20.6 Å². The molecule has 0 radical (unpaired) electrons. The summed E-state index contributed by atoms with van der Waals surface area (Å²) in [5, 5.41) is 0. The molecule has 1 fully saturated rings. The Morgan fingerprint density at radius 1 is 1.29 bits per heavy atom. The lowest BCUT2D eigenvalue weighted by Crippen LogP contribution is -3.10. The SMILES string of the molecule is [CH2-][NH+]1CC[C@](OC)(c2ccccc2)[C@@H](OC)C1. The van der Waals surface area contributed by atoms with Gasteiger partial charge in [-0.3, -0.25) is 0 Å². The van der Waals surface area contributed by atoms with Gasteiger partial charge in [-0.15, -0.1) is 0 Å². The second-order valence-electron chi connectivity index (χ2n) is 4.64. The van der Waals surface area contributed by atoms with Crippen molar-refractivity contribution >= 4 is 0 Å². The molecule has 0 bridgehead atoms.